The van der Waals surface area contributed by atoms with Crippen molar-refractivity contribution in [2.45, 2.75) is 58.5 Å². The second-order valence-electron chi connectivity index (χ2n) is 9.73. The summed E-state index contributed by atoms with van der Waals surface area (Å²) < 4.78 is 28.8. The fourth-order valence-electron chi connectivity index (χ4n) is 5.88. The molecule has 0 spiro atoms. The molecule has 0 unspecified atom stereocenters. The van der Waals surface area contributed by atoms with Gasteiger partial charge in [0.25, 0.3) is 10.2 Å². The van der Waals surface area contributed by atoms with Crippen molar-refractivity contribution in [1.29, 1.82) is 0 Å². The molecule has 0 radical (unpaired) electrons. The van der Waals surface area contributed by atoms with Crippen molar-refractivity contribution in [3.63, 3.8) is 0 Å². The Balaban J connectivity index is 1.27. The van der Waals surface area contributed by atoms with Crippen LogP contribution in [0.5, 0.6) is 0 Å². The van der Waals surface area contributed by atoms with Crippen LogP contribution < -0.4 is 0 Å². The monoisotopic (exact) mass is 490 g/mol. The zero-order valence-corrected chi connectivity index (χ0v) is 21.3. The van der Waals surface area contributed by atoms with Crippen molar-refractivity contribution in [1.82, 2.24) is 18.4 Å². The van der Waals surface area contributed by atoms with E-state index in [1.54, 1.807) is 4.31 Å². The number of nitrogens with zero attached hydrogens (tertiary/aromatic N) is 4. The number of piperidine rings is 2. The quantitative estimate of drug-likeness (QED) is 0.523. The molecule has 2 amide bonds. The van der Waals surface area contributed by atoms with E-state index in [0.29, 0.717) is 44.6 Å². The van der Waals surface area contributed by atoms with Crippen LogP contribution in [0.25, 0.3) is 0 Å². The van der Waals surface area contributed by atoms with Gasteiger partial charge in [0.2, 0.25) is 11.8 Å². The summed E-state index contributed by atoms with van der Waals surface area (Å²) in [6, 6.07) is 9.32. The molecule has 0 aromatic heterocycles. The lowest BCUT2D eigenvalue weighted by Gasteiger charge is -2.41. The van der Waals surface area contributed by atoms with Crippen LogP contribution in [-0.4, -0.2) is 84.0 Å². The van der Waals surface area contributed by atoms with Gasteiger partial charge in [0, 0.05) is 26.2 Å². The van der Waals surface area contributed by atoms with Gasteiger partial charge in [-0.3, -0.25) is 19.4 Å². The van der Waals surface area contributed by atoms with Crippen LogP contribution in [-0.2, 0) is 26.3 Å². The molecular weight excluding hydrogens is 452 g/mol. The Labute approximate surface area is 204 Å². The van der Waals surface area contributed by atoms with Gasteiger partial charge in [-0.1, -0.05) is 44.2 Å². The molecule has 8 nitrogen and oxygen atoms in total. The zero-order valence-electron chi connectivity index (χ0n) is 20.4. The van der Waals surface area contributed by atoms with Gasteiger partial charge in [-0.25, -0.2) is 0 Å². The largest absolute Gasteiger partial charge is 0.292 e. The van der Waals surface area contributed by atoms with Gasteiger partial charge >= 0.3 is 0 Å². The predicted molar refractivity (Wildman–Crippen MR) is 131 cm³/mol. The average molecular weight is 491 g/mol. The highest BCUT2D eigenvalue weighted by molar-refractivity contribution is 7.86. The van der Waals surface area contributed by atoms with E-state index < -0.39 is 10.2 Å². The summed E-state index contributed by atoms with van der Waals surface area (Å²) in [5, 5.41) is 0. The smallest absolute Gasteiger partial charge is 0.281 e. The topological polar surface area (TPSA) is 81.2 Å². The maximum absolute atomic E-state index is 13.0. The molecule has 4 rings (SSSR count). The lowest BCUT2D eigenvalue weighted by Crippen LogP contribution is -2.49. The first kappa shape index (κ1) is 25.3. The minimum Gasteiger partial charge on any atom is -0.292 e. The van der Waals surface area contributed by atoms with Crippen LogP contribution in [0.15, 0.2) is 30.3 Å². The Bertz CT molecular complexity index is 950. The molecule has 0 aliphatic carbocycles. The standard InChI is InChI=1S/C25H38N4O4S/c1-3-27(4-2)34(32,33)28-16-12-22(13-17-28)21-10-14-26(15-11-21)23-18-24(30)29(25(23)31)19-20-8-6-5-7-9-20/h5-9,21-23H,3-4,10-19H2,1-2H3/t23-/m1/s1. The molecule has 3 fully saturated rings. The Morgan fingerprint density at radius 2 is 1.44 bits per heavy atom. The minimum atomic E-state index is -3.35. The first-order valence-corrected chi connectivity index (χ1v) is 14.1. The van der Waals surface area contributed by atoms with Gasteiger partial charge in [0.15, 0.2) is 0 Å². The maximum atomic E-state index is 13.0. The molecule has 3 heterocycles. The van der Waals surface area contributed by atoms with Crippen LogP contribution in [0, 0.1) is 11.8 Å². The molecule has 0 saturated carbocycles. The van der Waals surface area contributed by atoms with Crippen LogP contribution in [0.1, 0.15) is 51.5 Å². The summed E-state index contributed by atoms with van der Waals surface area (Å²) >= 11 is 0. The molecule has 34 heavy (non-hydrogen) atoms. The average Bonchev–Trinajstić information content (AvgIpc) is 3.14. The summed E-state index contributed by atoms with van der Waals surface area (Å²) in [7, 11) is -3.35. The van der Waals surface area contributed by atoms with Gasteiger partial charge in [-0.2, -0.15) is 17.0 Å². The highest BCUT2D eigenvalue weighted by atomic mass is 32.2. The Kier molecular flexibility index (Phi) is 8.07. The van der Waals surface area contributed by atoms with Crippen molar-refractivity contribution in [2.75, 3.05) is 39.3 Å². The Morgan fingerprint density at radius 3 is 2.00 bits per heavy atom. The first-order valence-electron chi connectivity index (χ1n) is 12.7. The Hall–Kier alpha value is -1.81. The number of carbonyl (C=O) groups is 2. The summed E-state index contributed by atoms with van der Waals surface area (Å²) in [6.07, 6.45) is 4.08. The Morgan fingerprint density at radius 1 is 0.882 bits per heavy atom. The van der Waals surface area contributed by atoms with Crippen LogP contribution >= 0.6 is 0 Å². The summed E-state index contributed by atoms with van der Waals surface area (Å²) in [4.78, 5) is 29.2. The lowest BCUT2D eigenvalue weighted by molar-refractivity contribution is -0.140. The molecule has 3 saturated heterocycles. The number of likely N-dealkylation sites (tertiary alicyclic amines) is 2. The number of hydrogen-bond acceptors (Lipinski definition) is 5. The normalized spacial score (nSPS) is 24.4. The number of amides is 2. The fraction of sp³-hybridized carbons (Fsp3) is 0.680. The molecule has 188 valence electrons. The second-order valence-corrected chi connectivity index (χ2v) is 11.7. The number of rotatable bonds is 8. The second kappa shape index (κ2) is 10.8. The van der Waals surface area contributed by atoms with E-state index >= 15 is 0 Å². The minimum absolute atomic E-state index is 0.0674. The molecule has 1 atom stereocenters. The van der Waals surface area contributed by atoms with E-state index in [2.05, 4.69) is 4.90 Å². The van der Waals surface area contributed by atoms with E-state index in [9.17, 15) is 18.0 Å². The zero-order chi connectivity index (χ0) is 24.3. The van der Waals surface area contributed by atoms with E-state index in [0.717, 1.165) is 44.3 Å². The highest BCUT2D eigenvalue weighted by Crippen LogP contribution is 2.35. The van der Waals surface area contributed by atoms with Crippen molar-refractivity contribution >= 4 is 22.0 Å². The predicted octanol–water partition coefficient (Wildman–Crippen LogP) is 2.32. The van der Waals surface area contributed by atoms with Gasteiger partial charge in [-0.15, -0.1) is 0 Å². The number of benzene rings is 1. The molecule has 0 bridgehead atoms. The van der Waals surface area contributed by atoms with Gasteiger partial charge in [-0.05, 0) is 56.2 Å². The lowest BCUT2D eigenvalue weighted by atomic mass is 9.79. The number of hydrogen-bond donors (Lipinski definition) is 0. The van der Waals surface area contributed by atoms with Crippen molar-refractivity contribution in [3.8, 4) is 0 Å². The number of carbonyl (C=O) groups excluding carboxylic acids is 2. The molecular formula is C25H38N4O4S. The van der Waals surface area contributed by atoms with Crippen molar-refractivity contribution in [3.05, 3.63) is 35.9 Å². The maximum Gasteiger partial charge on any atom is 0.281 e. The van der Waals surface area contributed by atoms with E-state index in [4.69, 9.17) is 0 Å². The molecule has 9 heteroatoms. The molecule has 1 aromatic carbocycles. The fourth-order valence-corrected chi connectivity index (χ4v) is 7.53. The molecule has 0 N–H and O–H groups in total. The summed E-state index contributed by atoms with van der Waals surface area (Å²) in [5.74, 6) is 0.938. The van der Waals surface area contributed by atoms with Gasteiger partial charge in [0.05, 0.1) is 19.0 Å². The van der Waals surface area contributed by atoms with Crippen molar-refractivity contribution in [2.24, 2.45) is 11.8 Å². The molecule has 3 aliphatic heterocycles. The third-order valence-corrected chi connectivity index (χ3v) is 10.1. The van der Waals surface area contributed by atoms with Gasteiger partial charge < -0.3 is 0 Å². The summed E-state index contributed by atoms with van der Waals surface area (Å²) in [5.41, 5.74) is 0.970. The van der Waals surface area contributed by atoms with Crippen LogP contribution in [0.4, 0.5) is 0 Å². The van der Waals surface area contributed by atoms with Crippen molar-refractivity contribution < 1.29 is 18.0 Å². The SMILES string of the molecule is CCN(CC)S(=O)(=O)N1CCC(C2CCN([C@@H]3CC(=O)N(Cc4ccccc4)C3=O)CC2)CC1. The first-order chi connectivity index (χ1) is 16.3. The van der Waals surface area contributed by atoms with Crippen LogP contribution in [0.3, 0.4) is 0 Å². The van der Waals surface area contributed by atoms with Crippen LogP contribution in [0.2, 0.25) is 0 Å². The number of imide groups is 1. The molecule has 1 aromatic rings. The van der Waals surface area contributed by atoms with E-state index in [1.807, 2.05) is 44.2 Å². The van der Waals surface area contributed by atoms with E-state index in [1.165, 1.54) is 9.21 Å². The third-order valence-electron chi connectivity index (χ3n) is 7.94. The highest BCUT2D eigenvalue weighted by Gasteiger charge is 2.43. The summed E-state index contributed by atoms with van der Waals surface area (Å²) in [6.45, 7) is 7.94. The third kappa shape index (κ3) is 5.22. The van der Waals surface area contributed by atoms with E-state index in [-0.39, 0.29) is 24.3 Å². The molecule has 3 aliphatic rings. The van der Waals surface area contributed by atoms with Gasteiger partial charge in [0.1, 0.15) is 0 Å².